The van der Waals surface area contributed by atoms with Gasteiger partial charge in [-0.05, 0) is 42.3 Å². The molecule has 7 heteroatoms. The topological polar surface area (TPSA) is 63.2 Å². The maximum Gasteiger partial charge on any atom is 0.311 e. The summed E-state index contributed by atoms with van der Waals surface area (Å²) in [6.45, 7) is 3.85. The van der Waals surface area contributed by atoms with Crippen molar-refractivity contribution in [3.8, 4) is 23.0 Å². The van der Waals surface area contributed by atoms with Gasteiger partial charge in [0, 0.05) is 18.4 Å². The molecule has 1 aliphatic heterocycles. The summed E-state index contributed by atoms with van der Waals surface area (Å²) < 4.78 is 28.1. The van der Waals surface area contributed by atoms with Crippen LogP contribution < -0.4 is 18.9 Å². The molecule has 0 radical (unpaired) electrons. The van der Waals surface area contributed by atoms with Crippen LogP contribution in [-0.4, -0.2) is 65.6 Å². The second-order valence-corrected chi connectivity index (χ2v) is 8.55. The molecule has 0 aliphatic carbocycles. The fraction of sp³-hybridized carbons (Fsp3) is 0.500. The number of carbonyl (C=O) groups is 1. The summed E-state index contributed by atoms with van der Waals surface area (Å²) in [5.41, 5.74) is 3.62. The molecule has 3 rings (SSSR count). The summed E-state index contributed by atoms with van der Waals surface area (Å²) in [4.78, 5) is 12.2. The second-order valence-electron chi connectivity index (χ2n) is 8.55. The van der Waals surface area contributed by atoms with Gasteiger partial charge in [-0.15, -0.1) is 0 Å². The lowest BCUT2D eigenvalue weighted by Crippen LogP contribution is -2.53. The molecule has 180 valence electrons. The minimum absolute atomic E-state index is 0.126. The quantitative estimate of drug-likeness (QED) is 0.397. The molecule has 7 nitrogen and oxygen atoms in total. The summed E-state index contributed by atoms with van der Waals surface area (Å²) in [7, 11) is 8.83. The van der Waals surface area contributed by atoms with Crippen molar-refractivity contribution >= 4 is 5.97 Å². The number of carbonyl (C=O) groups excluding carboxylic acids is 1. The number of likely N-dealkylation sites (N-methyl/N-ethyl adjacent to an activating group) is 1. The highest BCUT2D eigenvalue weighted by molar-refractivity contribution is 5.69. The van der Waals surface area contributed by atoms with Crippen LogP contribution in [0, 0.1) is 0 Å². The Morgan fingerprint density at radius 2 is 1.58 bits per heavy atom. The summed E-state index contributed by atoms with van der Waals surface area (Å²) in [5, 5.41) is 0. The number of methoxy groups -OCH3 is 4. The third-order valence-electron chi connectivity index (χ3n) is 6.66. The summed E-state index contributed by atoms with van der Waals surface area (Å²) in [6.07, 6.45) is 2.06. The summed E-state index contributed by atoms with van der Waals surface area (Å²) in [5.74, 6) is 2.71. The van der Waals surface area contributed by atoms with E-state index < -0.39 is 0 Å². The van der Waals surface area contributed by atoms with Crippen molar-refractivity contribution in [3.05, 3.63) is 47.0 Å². The van der Waals surface area contributed by atoms with Crippen LogP contribution in [0.2, 0.25) is 0 Å². The molecule has 0 fully saturated rings. The van der Waals surface area contributed by atoms with E-state index >= 15 is 0 Å². The molecule has 0 bridgehead atoms. The molecule has 0 saturated heterocycles. The van der Waals surface area contributed by atoms with Gasteiger partial charge in [-0.3, -0.25) is 4.79 Å². The first kappa shape index (κ1) is 24.7. The van der Waals surface area contributed by atoms with Gasteiger partial charge in [0.2, 0.25) is 0 Å². The van der Waals surface area contributed by atoms with Crippen LogP contribution in [0.1, 0.15) is 36.1 Å². The zero-order chi connectivity index (χ0) is 24.0. The first-order chi connectivity index (χ1) is 15.9. The molecular formula is C26H36NO6+. The van der Waals surface area contributed by atoms with Crippen LogP contribution in [0.25, 0.3) is 0 Å². The van der Waals surface area contributed by atoms with Crippen molar-refractivity contribution in [2.75, 3.05) is 55.2 Å². The molecule has 1 aliphatic rings. The highest BCUT2D eigenvalue weighted by Gasteiger charge is 2.40. The van der Waals surface area contributed by atoms with Gasteiger partial charge in [-0.25, -0.2) is 0 Å². The van der Waals surface area contributed by atoms with Gasteiger partial charge >= 0.3 is 5.97 Å². The first-order valence-electron chi connectivity index (χ1n) is 11.3. The molecule has 33 heavy (non-hydrogen) atoms. The van der Waals surface area contributed by atoms with E-state index in [2.05, 4.69) is 25.2 Å². The second kappa shape index (κ2) is 10.8. The largest absolute Gasteiger partial charge is 0.493 e. The van der Waals surface area contributed by atoms with Gasteiger partial charge in [-0.1, -0.05) is 6.07 Å². The molecule has 0 unspecified atom stereocenters. The van der Waals surface area contributed by atoms with Crippen LogP contribution in [0.3, 0.4) is 0 Å². The van der Waals surface area contributed by atoms with E-state index in [-0.39, 0.29) is 12.0 Å². The lowest BCUT2D eigenvalue weighted by molar-refractivity contribution is -0.940. The van der Waals surface area contributed by atoms with Gasteiger partial charge < -0.3 is 28.2 Å². The van der Waals surface area contributed by atoms with E-state index in [1.807, 2.05) is 19.1 Å². The predicted octanol–water partition coefficient (Wildman–Crippen LogP) is 3.96. The van der Waals surface area contributed by atoms with Crippen molar-refractivity contribution in [3.63, 3.8) is 0 Å². The maximum absolute atomic E-state index is 12.2. The number of hydrogen-bond donors (Lipinski definition) is 0. The minimum atomic E-state index is -0.153. The van der Waals surface area contributed by atoms with Gasteiger partial charge in [0.05, 0.1) is 61.6 Å². The van der Waals surface area contributed by atoms with E-state index in [1.54, 1.807) is 28.4 Å². The minimum Gasteiger partial charge on any atom is -0.493 e. The number of fused-ring (bicyclic) bond motifs is 1. The van der Waals surface area contributed by atoms with E-state index in [1.165, 1.54) is 11.1 Å². The fourth-order valence-electron chi connectivity index (χ4n) is 4.74. The smallest absolute Gasteiger partial charge is 0.311 e. The lowest BCUT2D eigenvalue weighted by atomic mass is 9.86. The Morgan fingerprint density at radius 1 is 0.939 bits per heavy atom. The van der Waals surface area contributed by atoms with Crippen LogP contribution in [0.5, 0.6) is 23.0 Å². The number of ether oxygens (including phenoxy) is 5. The summed E-state index contributed by atoms with van der Waals surface area (Å²) in [6, 6.07) is 10.4. The molecule has 2 aromatic rings. The van der Waals surface area contributed by atoms with E-state index in [9.17, 15) is 4.79 Å². The highest BCUT2D eigenvalue weighted by Crippen LogP contribution is 2.43. The number of hydrogen-bond acceptors (Lipinski definition) is 6. The molecule has 0 aromatic heterocycles. The monoisotopic (exact) mass is 458 g/mol. The number of rotatable bonds is 10. The zero-order valence-electron chi connectivity index (χ0n) is 20.6. The predicted molar refractivity (Wildman–Crippen MR) is 126 cm³/mol. The molecule has 2 aromatic carbocycles. The van der Waals surface area contributed by atoms with Crippen molar-refractivity contribution in [1.29, 1.82) is 0 Å². The lowest BCUT2D eigenvalue weighted by Gasteiger charge is -2.46. The molecule has 2 atom stereocenters. The van der Waals surface area contributed by atoms with Crippen molar-refractivity contribution in [1.82, 2.24) is 0 Å². The van der Waals surface area contributed by atoms with Crippen LogP contribution in [-0.2, 0) is 22.4 Å². The SMILES string of the molecule is CCOC(=O)CC[N@@+]1(C)CCc2cc(OC)c(OC)cc2[C@H]1Cc1ccc(OC)c(OC)c1. The normalized spacial score (nSPS) is 19.4. The molecule has 0 saturated carbocycles. The van der Waals surface area contributed by atoms with Gasteiger partial charge in [0.15, 0.2) is 23.0 Å². The average Bonchev–Trinajstić information content (AvgIpc) is 2.84. The Labute approximate surface area is 196 Å². The Hall–Kier alpha value is -2.93. The van der Waals surface area contributed by atoms with E-state index in [0.29, 0.717) is 36.8 Å². The molecule has 1 heterocycles. The Bertz CT molecular complexity index is 975. The molecule has 0 N–H and O–H groups in total. The Balaban J connectivity index is 2.02. The maximum atomic E-state index is 12.2. The van der Waals surface area contributed by atoms with Crippen LogP contribution in [0.15, 0.2) is 30.3 Å². The zero-order valence-corrected chi connectivity index (χ0v) is 20.6. The third-order valence-corrected chi connectivity index (χ3v) is 6.66. The van der Waals surface area contributed by atoms with Crippen molar-refractivity contribution < 1.29 is 33.0 Å². The Morgan fingerprint density at radius 3 is 2.21 bits per heavy atom. The highest BCUT2D eigenvalue weighted by atomic mass is 16.5. The average molecular weight is 459 g/mol. The number of benzene rings is 2. The van der Waals surface area contributed by atoms with Gasteiger partial charge in [0.25, 0.3) is 0 Å². The third kappa shape index (κ3) is 5.36. The first-order valence-corrected chi connectivity index (χ1v) is 11.3. The van der Waals surface area contributed by atoms with Gasteiger partial charge in [-0.2, -0.15) is 0 Å². The molecule has 0 amide bonds. The van der Waals surface area contributed by atoms with Gasteiger partial charge in [0.1, 0.15) is 6.04 Å². The molecular weight excluding hydrogens is 422 g/mol. The number of nitrogens with zero attached hydrogens (tertiary/aromatic N) is 1. The standard InChI is InChI=1S/C26H36NO6/c1-7-33-26(28)11-13-27(2)12-10-19-16-24(31-5)25(32-6)17-20(19)21(27)14-18-8-9-22(29-3)23(15-18)30-4/h8-9,15-17,21H,7,10-14H2,1-6H3/q+1/t21-,27-/m1/s1. The number of esters is 1. The van der Waals surface area contributed by atoms with Crippen LogP contribution >= 0.6 is 0 Å². The van der Waals surface area contributed by atoms with Crippen molar-refractivity contribution in [2.45, 2.75) is 32.2 Å². The number of quaternary nitrogens is 1. The van der Waals surface area contributed by atoms with Crippen LogP contribution in [0.4, 0.5) is 0 Å². The summed E-state index contributed by atoms with van der Waals surface area (Å²) >= 11 is 0. The molecule has 0 spiro atoms. The Kier molecular flexibility index (Phi) is 8.08. The van der Waals surface area contributed by atoms with E-state index in [4.69, 9.17) is 23.7 Å². The van der Waals surface area contributed by atoms with E-state index in [0.717, 1.165) is 35.2 Å². The fourth-order valence-corrected chi connectivity index (χ4v) is 4.74. The van der Waals surface area contributed by atoms with Crippen molar-refractivity contribution in [2.24, 2.45) is 0 Å².